The minimum Gasteiger partial charge on any atom is -0.409 e. The van der Waals surface area contributed by atoms with Crippen molar-refractivity contribution in [2.45, 2.75) is 26.2 Å². The minimum absolute atomic E-state index is 0.0299. The van der Waals surface area contributed by atoms with Gasteiger partial charge in [-0.15, -0.1) is 0 Å². The normalized spacial score (nSPS) is 11.5. The third-order valence-electron chi connectivity index (χ3n) is 2.50. The van der Waals surface area contributed by atoms with Crippen molar-refractivity contribution in [3.63, 3.8) is 0 Å². The molecule has 6 nitrogen and oxygen atoms in total. The fourth-order valence-corrected chi connectivity index (χ4v) is 1.42. The number of amidine groups is 1. The Morgan fingerprint density at radius 2 is 2.18 bits per heavy atom. The van der Waals surface area contributed by atoms with Crippen LogP contribution in [0.5, 0.6) is 0 Å². The van der Waals surface area contributed by atoms with Gasteiger partial charge in [-0.2, -0.15) is 0 Å². The van der Waals surface area contributed by atoms with Crippen molar-refractivity contribution >= 4 is 11.7 Å². The van der Waals surface area contributed by atoms with Gasteiger partial charge in [0.05, 0.1) is 12.4 Å². The van der Waals surface area contributed by atoms with E-state index in [2.05, 4.69) is 22.0 Å². The molecule has 0 aliphatic carbocycles. The summed E-state index contributed by atoms with van der Waals surface area (Å²) in [7, 11) is 1.98. The number of oxime groups is 1. The van der Waals surface area contributed by atoms with E-state index in [-0.39, 0.29) is 5.84 Å². The highest BCUT2D eigenvalue weighted by atomic mass is 16.4. The highest BCUT2D eigenvalue weighted by Crippen LogP contribution is 2.08. The summed E-state index contributed by atoms with van der Waals surface area (Å²) in [6, 6.07) is 0. The van der Waals surface area contributed by atoms with Gasteiger partial charge in [0.25, 0.3) is 0 Å². The van der Waals surface area contributed by atoms with Crippen molar-refractivity contribution in [3.8, 4) is 0 Å². The molecule has 0 radical (unpaired) electrons. The van der Waals surface area contributed by atoms with Crippen LogP contribution in [-0.4, -0.2) is 34.6 Å². The Labute approximate surface area is 101 Å². The van der Waals surface area contributed by atoms with Gasteiger partial charge in [-0.25, -0.2) is 9.97 Å². The third kappa shape index (κ3) is 3.90. The van der Waals surface area contributed by atoms with Crippen molar-refractivity contribution in [1.29, 1.82) is 0 Å². The molecule has 94 valence electrons. The summed E-state index contributed by atoms with van der Waals surface area (Å²) in [6.07, 6.45) is 6.67. The van der Waals surface area contributed by atoms with Crippen molar-refractivity contribution in [2.75, 3.05) is 18.5 Å². The molecule has 0 saturated heterocycles. The molecule has 0 atom stereocenters. The highest BCUT2D eigenvalue weighted by Gasteiger charge is 2.05. The molecule has 0 fully saturated rings. The van der Waals surface area contributed by atoms with Crippen LogP contribution < -0.4 is 10.6 Å². The number of nitrogens with two attached hydrogens (primary N) is 1. The number of rotatable bonds is 6. The van der Waals surface area contributed by atoms with Gasteiger partial charge >= 0.3 is 0 Å². The first-order valence-electron chi connectivity index (χ1n) is 5.70. The lowest BCUT2D eigenvalue weighted by molar-refractivity contribution is 0.318. The summed E-state index contributed by atoms with van der Waals surface area (Å²) < 4.78 is 0. The van der Waals surface area contributed by atoms with E-state index in [4.69, 9.17) is 10.9 Å². The number of unbranched alkanes of at least 4 members (excludes halogenated alkanes) is 2. The first kappa shape index (κ1) is 13.2. The van der Waals surface area contributed by atoms with Crippen LogP contribution in [0.25, 0.3) is 0 Å². The van der Waals surface area contributed by atoms with Crippen LogP contribution >= 0.6 is 0 Å². The van der Waals surface area contributed by atoms with E-state index in [0.29, 0.717) is 5.69 Å². The molecule has 6 heteroatoms. The highest BCUT2D eigenvalue weighted by molar-refractivity contribution is 5.94. The molecule has 1 aromatic rings. The van der Waals surface area contributed by atoms with Crippen LogP contribution in [-0.2, 0) is 0 Å². The molecule has 0 amide bonds. The zero-order chi connectivity index (χ0) is 12.7. The average molecular weight is 237 g/mol. The summed E-state index contributed by atoms with van der Waals surface area (Å²) in [4.78, 5) is 10.3. The second-order valence-corrected chi connectivity index (χ2v) is 3.87. The van der Waals surface area contributed by atoms with E-state index in [1.807, 2.05) is 11.9 Å². The lowest BCUT2D eigenvalue weighted by atomic mass is 10.2. The predicted octanol–water partition coefficient (Wildman–Crippen LogP) is 1.20. The second kappa shape index (κ2) is 6.67. The standard InChI is InChI=1S/C11H19N5O/c1-3-4-5-6-16(2)10-8-13-9(7-14-10)11(12)15-17/h7-8,17H,3-6H2,1-2H3,(H2,12,15). The van der Waals surface area contributed by atoms with Crippen molar-refractivity contribution in [3.05, 3.63) is 18.1 Å². The van der Waals surface area contributed by atoms with Gasteiger partial charge in [0.15, 0.2) is 5.84 Å². The van der Waals surface area contributed by atoms with Crippen LogP contribution in [0.3, 0.4) is 0 Å². The van der Waals surface area contributed by atoms with E-state index in [1.165, 1.54) is 19.0 Å². The lowest BCUT2D eigenvalue weighted by Gasteiger charge is -2.17. The number of hydrogen-bond acceptors (Lipinski definition) is 5. The Bertz CT molecular complexity index is 363. The monoisotopic (exact) mass is 237 g/mol. The molecule has 0 aliphatic heterocycles. The zero-order valence-electron chi connectivity index (χ0n) is 10.3. The summed E-state index contributed by atoms with van der Waals surface area (Å²) in [6.45, 7) is 3.12. The topological polar surface area (TPSA) is 87.6 Å². The molecule has 0 spiro atoms. The molecular weight excluding hydrogens is 218 g/mol. The number of nitrogens with zero attached hydrogens (tertiary/aromatic N) is 4. The Morgan fingerprint density at radius 1 is 1.41 bits per heavy atom. The molecule has 1 heterocycles. The van der Waals surface area contributed by atoms with E-state index in [1.54, 1.807) is 6.20 Å². The SMILES string of the molecule is CCCCCN(C)c1cnc(C(N)=NO)cn1. The van der Waals surface area contributed by atoms with Crippen LogP contribution in [0.1, 0.15) is 31.9 Å². The van der Waals surface area contributed by atoms with E-state index < -0.39 is 0 Å². The van der Waals surface area contributed by atoms with Gasteiger partial charge in [-0.05, 0) is 6.42 Å². The molecule has 0 aromatic carbocycles. The molecule has 0 bridgehead atoms. The molecule has 0 unspecified atom stereocenters. The van der Waals surface area contributed by atoms with E-state index in [0.717, 1.165) is 18.8 Å². The smallest absolute Gasteiger partial charge is 0.190 e. The zero-order valence-corrected chi connectivity index (χ0v) is 10.3. The van der Waals surface area contributed by atoms with Crippen molar-refractivity contribution in [2.24, 2.45) is 10.9 Å². The fraction of sp³-hybridized carbons (Fsp3) is 0.545. The van der Waals surface area contributed by atoms with Gasteiger partial charge in [0.2, 0.25) is 0 Å². The molecule has 1 aromatic heterocycles. The van der Waals surface area contributed by atoms with Gasteiger partial charge in [-0.3, -0.25) is 0 Å². The summed E-state index contributed by atoms with van der Waals surface area (Å²) in [5.41, 5.74) is 5.78. The first-order chi connectivity index (χ1) is 8.19. The lowest BCUT2D eigenvalue weighted by Crippen LogP contribution is -2.21. The second-order valence-electron chi connectivity index (χ2n) is 3.87. The minimum atomic E-state index is -0.0299. The van der Waals surface area contributed by atoms with Crippen LogP contribution in [0.15, 0.2) is 17.5 Å². The van der Waals surface area contributed by atoms with Crippen LogP contribution in [0, 0.1) is 0 Å². The fourth-order valence-electron chi connectivity index (χ4n) is 1.42. The van der Waals surface area contributed by atoms with Gasteiger partial charge < -0.3 is 15.8 Å². The van der Waals surface area contributed by atoms with E-state index in [9.17, 15) is 0 Å². The van der Waals surface area contributed by atoms with E-state index >= 15 is 0 Å². The summed E-state index contributed by atoms with van der Waals surface area (Å²) in [5.74, 6) is 0.758. The largest absolute Gasteiger partial charge is 0.409 e. The molecule has 0 saturated carbocycles. The third-order valence-corrected chi connectivity index (χ3v) is 2.50. The molecular formula is C11H19N5O. The van der Waals surface area contributed by atoms with Crippen molar-refractivity contribution < 1.29 is 5.21 Å². The number of aromatic nitrogens is 2. The Balaban J connectivity index is 2.61. The van der Waals surface area contributed by atoms with Gasteiger partial charge in [-0.1, -0.05) is 24.9 Å². The van der Waals surface area contributed by atoms with Crippen molar-refractivity contribution in [1.82, 2.24) is 9.97 Å². The maximum absolute atomic E-state index is 8.49. The summed E-state index contributed by atoms with van der Waals surface area (Å²) in [5, 5.41) is 11.4. The average Bonchev–Trinajstić information content (AvgIpc) is 2.38. The number of hydrogen-bond donors (Lipinski definition) is 2. The Kier molecular flexibility index (Phi) is 5.19. The van der Waals surface area contributed by atoms with Gasteiger partial charge in [0.1, 0.15) is 11.5 Å². The first-order valence-corrected chi connectivity index (χ1v) is 5.70. The quantitative estimate of drug-likeness (QED) is 0.255. The molecule has 0 aliphatic rings. The van der Waals surface area contributed by atoms with Crippen LogP contribution in [0.4, 0.5) is 5.82 Å². The number of anilines is 1. The molecule has 3 N–H and O–H groups in total. The van der Waals surface area contributed by atoms with Gasteiger partial charge in [0, 0.05) is 13.6 Å². The molecule has 1 rings (SSSR count). The predicted molar refractivity (Wildman–Crippen MR) is 67.3 cm³/mol. The Hall–Kier alpha value is -1.85. The van der Waals surface area contributed by atoms with Crippen LogP contribution in [0.2, 0.25) is 0 Å². The maximum atomic E-state index is 8.49. The maximum Gasteiger partial charge on any atom is 0.190 e. The molecule has 17 heavy (non-hydrogen) atoms. The summed E-state index contributed by atoms with van der Waals surface area (Å²) >= 11 is 0. The Morgan fingerprint density at radius 3 is 2.71 bits per heavy atom.